The third-order valence-electron chi connectivity index (χ3n) is 20.7. The summed E-state index contributed by atoms with van der Waals surface area (Å²) in [6.07, 6.45) is 26.9. The molecule has 0 aliphatic rings. The number of thiol groups is 1. The van der Waals surface area contributed by atoms with E-state index in [0.29, 0.717) is 62.1 Å². The molecule has 44 heteroatoms. The Morgan fingerprint density at radius 1 is 0.563 bits per heavy atom. The molecule has 25 nitrogen and oxygen atoms in total. The molecular weight excluding hydrogens is 2370 g/mol. The van der Waals surface area contributed by atoms with Crippen molar-refractivity contribution in [3.05, 3.63) is 242 Å². The number of anilines is 5. The smallest absolute Gasteiger partial charge is 1.00 e. The number of hydrogen-bond donors (Lipinski definition) is 5. The second kappa shape index (κ2) is 81.2. The van der Waals surface area contributed by atoms with Crippen LogP contribution >= 0.6 is 175 Å². The van der Waals surface area contributed by atoms with Crippen LogP contribution in [0.2, 0.25) is 25.8 Å². The third-order valence-corrected chi connectivity index (χ3v) is 24.6. The maximum Gasteiger partial charge on any atom is 1.00 e. The first-order valence-electron chi connectivity index (χ1n) is 45.3. The molecule has 142 heavy (non-hydrogen) atoms. The normalized spacial score (nSPS) is 10.0. The van der Waals surface area contributed by atoms with E-state index in [9.17, 15) is 29.6 Å². The van der Waals surface area contributed by atoms with Gasteiger partial charge < -0.3 is 43.1 Å². The summed E-state index contributed by atoms with van der Waals surface area (Å²) in [4.78, 5) is 71.2. The van der Waals surface area contributed by atoms with Gasteiger partial charge in [0.15, 0.2) is 20.6 Å². The molecule has 0 atom stereocenters. The Balaban J connectivity index is -0.000000243. The van der Waals surface area contributed by atoms with Crippen molar-refractivity contribution in [2.24, 2.45) is 4.30 Å². The summed E-state index contributed by atoms with van der Waals surface area (Å²) in [5, 5.41) is 25.9. The zero-order chi connectivity index (χ0) is 106. The number of rotatable bonds is 26. The van der Waals surface area contributed by atoms with E-state index in [0.717, 1.165) is 171 Å². The van der Waals surface area contributed by atoms with Gasteiger partial charge >= 0.3 is 143 Å². The first kappa shape index (κ1) is 149. The van der Waals surface area contributed by atoms with Crippen molar-refractivity contribution in [3.63, 3.8) is 0 Å². The summed E-state index contributed by atoms with van der Waals surface area (Å²) >= 11 is 55.8. The Morgan fingerprint density at radius 3 is 1.35 bits per heavy atom. The molecule has 0 unspecified atom stereocenters. The zero-order valence-electron chi connectivity index (χ0n) is 88.2. The van der Waals surface area contributed by atoms with Gasteiger partial charge in [-0.2, -0.15) is 0 Å². The summed E-state index contributed by atoms with van der Waals surface area (Å²) < 4.78 is 19.6. The minimum atomic E-state index is -3.22. The molecule has 0 spiro atoms. The van der Waals surface area contributed by atoms with Gasteiger partial charge in [-0.05, 0) is 332 Å². The van der Waals surface area contributed by atoms with Gasteiger partial charge in [-0.3, -0.25) is 29.6 Å². The summed E-state index contributed by atoms with van der Waals surface area (Å²) in [6, 6.07) is 19.8. The van der Waals surface area contributed by atoms with Crippen LogP contribution in [0.4, 0.5) is 39.9 Å². The van der Waals surface area contributed by atoms with Crippen molar-refractivity contribution in [1.82, 2.24) is 54.0 Å². The summed E-state index contributed by atoms with van der Waals surface area (Å²) in [7, 11) is 16.3. The van der Waals surface area contributed by atoms with Crippen molar-refractivity contribution >= 4 is 264 Å². The number of fused-ring (bicyclic) bond motifs is 2. The van der Waals surface area contributed by atoms with Crippen molar-refractivity contribution in [1.29, 1.82) is 0 Å². The van der Waals surface area contributed by atoms with Crippen molar-refractivity contribution in [3.8, 4) is 11.3 Å². The summed E-state index contributed by atoms with van der Waals surface area (Å²) in [5.41, 5.74) is 26.5. The van der Waals surface area contributed by atoms with Gasteiger partial charge in [0.2, 0.25) is 5.15 Å². The Morgan fingerprint density at radius 2 is 0.951 bits per heavy atom. The molecule has 0 aliphatic heterocycles. The van der Waals surface area contributed by atoms with Crippen molar-refractivity contribution < 1.29 is 76.4 Å². The average molecular weight is 2520 g/mol. The largest absolute Gasteiger partial charge is 1.00 e. The van der Waals surface area contributed by atoms with Crippen LogP contribution in [0.3, 0.4) is 0 Å². The SMILES string of the molecule is C.C.C=CCN(c1cc(C)c(Br)nc1Cl)C(CC)CC.CC.CC.CCC(CC)Nc1cc(C)c(Br)nc1Cl.CCC(CC)Nc1cc(C)cnc1Cl.CCC(CC)n1cc(C)c2nc(Br)c(C)cc21.CCc1cc(N(C)CC)ncc1-c1nc2c(C)cn(C(CC)CC)c2cc1C.Cc1c[nH]c(=O)c([N+](=O)[O-])c1.Cc1cnc(Cl)c(N)c1.Cc1cnc(Cl)c([N+](=O)[O-])c1.O=P(Cl)(Cl)Cl.[B]=NS.[Cl][Sn][Cl].[H-].[H-].[Na+].[Na+]. The first-order valence-corrected chi connectivity index (χ1v) is 61.6. The number of nitrogen functional groups attached to an aromatic ring is 1. The molecule has 0 fully saturated rings. The molecule has 0 aliphatic carbocycles. The van der Waals surface area contributed by atoms with Crippen molar-refractivity contribution in [2.75, 3.05) is 46.3 Å². The molecule has 0 bridgehead atoms. The second-order valence-electron chi connectivity index (χ2n) is 30.6. The maximum absolute atomic E-state index is 10.7. The first-order chi connectivity index (χ1) is 65.1. The van der Waals surface area contributed by atoms with Gasteiger partial charge in [0.25, 0.3) is 0 Å². The number of nitrogens with zero attached hydrogens (tertiary/aromatic N) is 15. The number of pyridine rings is 9. The minimum Gasteiger partial charge on any atom is -1.00 e. The van der Waals surface area contributed by atoms with Gasteiger partial charge in [-0.15, -0.1) is 6.58 Å². The van der Waals surface area contributed by atoms with E-state index >= 15 is 0 Å². The van der Waals surface area contributed by atoms with Crippen LogP contribution in [-0.2, 0) is 11.0 Å². The van der Waals surface area contributed by atoms with E-state index in [1.54, 1.807) is 32.3 Å². The molecule has 0 saturated carbocycles. The number of hydrogen-bond acceptors (Lipinski definition) is 21. The topological polar surface area (TPSA) is 318 Å². The zero-order valence-corrected chi connectivity index (χ0v) is 107. The van der Waals surface area contributed by atoms with Crippen LogP contribution in [0.25, 0.3) is 33.3 Å². The molecule has 11 heterocycles. The molecule has 0 saturated heterocycles. The number of H-pyrrole nitrogens is 1. The molecule has 11 aromatic rings. The molecule has 5 N–H and O–H groups in total. The summed E-state index contributed by atoms with van der Waals surface area (Å²) in [5.74, 6) is 1.03. The van der Waals surface area contributed by atoms with E-state index in [2.05, 4.69) is 332 Å². The van der Waals surface area contributed by atoms with Crippen LogP contribution in [0.5, 0.6) is 0 Å². The Hall–Kier alpha value is -3.65. The van der Waals surface area contributed by atoms with E-state index in [4.69, 9.17) is 91.5 Å². The number of halogens is 13. The number of nitrogens with two attached hydrogens (primary N) is 1. The molecular formula is C98H147BBr3Cl10N19Na2O6PSSn. The van der Waals surface area contributed by atoms with E-state index in [1.807, 2.05) is 79.8 Å². The predicted octanol–water partition coefficient (Wildman–Crippen LogP) is 29.6. The molecule has 0 amide bonds. The predicted molar refractivity (Wildman–Crippen MR) is 628 cm³/mol. The standard InChI is InChI=1S/C24H34N4.C14H20BrClN2.C14H19BrN2.C11H16BrClN2.C11H17ClN2.C6H5ClN2O2.C6H7ClN2.C6H6N2O3.2C2H6.2CH4.BHNS.Cl3OP.2ClH.2Na.Sn.2H/c1-8-18-13-22(27(7)11-4)25-14-20(18)23-16(5)12-21-24(26-23)17(6)15-28(21)19(9-2)10-3;1-5-8-18(11(6-2)7-3)12-9-10(4)13(15)17-14(12)16;1-5-11(6-2)17-8-10(4)13-12(17)7-9(3)14(15)16-13;1-4-8(5-2)14-9-6-7(3)10(12)15-11(9)13;1-4-9(5-2)14-10-6-8(3)7-13-11(10)12;1-4-2-5(9(10)11)6(7)8-3-4;1-4-2-5(8)6(7)9-3-4;1-4-2-5(8(10)11)6(9)7-3-4;2*1-2;;;1-2-3;1-5(2,3)4;;;;;;;/h12-15,19H,8-11H2,1-7H3;5,9,11H,1,6-8H2,2-4H3;7-8,11H,5-6H2,1-4H3;6,8,14H,4-5H2,1-3H3;6-7,9,14H,4-5H2,1-3H3;2-3H,1H3;2-3H,8H2,1H3;2-3H,1H3,(H,7,9);2*1-2H3;2*1H4;3H;;2*1H;;;;;/q;;;;;;;;;;;;;;;;2*+1;+2;2*-1/p-2. The maximum atomic E-state index is 10.7. The average Bonchev–Trinajstić information content (AvgIpc) is 1.61. The van der Waals surface area contributed by atoms with Crippen LogP contribution in [0, 0.1) is 89.5 Å². The number of aryl methyl sites for hydroxylation is 11. The van der Waals surface area contributed by atoms with Crippen LogP contribution in [-0.4, -0.2) is 129 Å². The Bertz CT molecular complexity index is 5670. The number of aromatic amines is 1. The molecule has 11 aromatic heterocycles. The number of aromatic nitrogens is 11. The second-order valence-corrected chi connectivity index (χ2v) is 45.7. The van der Waals surface area contributed by atoms with Gasteiger partial charge in [-0.25, -0.2) is 39.9 Å². The third kappa shape index (κ3) is 53.4. The molecule has 781 valence electrons. The fourth-order valence-corrected chi connectivity index (χ4v) is 15.2. The monoisotopic (exact) mass is 2510 g/mol. The van der Waals surface area contributed by atoms with E-state index < -0.39 is 45.2 Å². The van der Waals surface area contributed by atoms with Gasteiger partial charge in [-0.1, -0.05) is 183 Å². The van der Waals surface area contributed by atoms with Gasteiger partial charge in [0.1, 0.15) is 19.6 Å². The molecule has 11 rings (SSSR count). The van der Waals surface area contributed by atoms with E-state index in [1.165, 1.54) is 63.4 Å². The van der Waals surface area contributed by atoms with Crippen LogP contribution < -0.4 is 90.8 Å². The quantitative estimate of drug-likeness (QED) is 0.00639. The van der Waals surface area contributed by atoms with E-state index in [-0.39, 0.29) is 87.7 Å². The summed E-state index contributed by atoms with van der Waals surface area (Å²) in [6.45, 7) is 59.9. The molecule has 3 radical (unpaired) electrons. The van der Waals surface area contributed by atoms with Crippen LogP contribution in [0.15, 0.2) is 134 Å². The fraction of sp³-hybridized carbons (Fsp3) is 0.480. The van der Waals surface area contributed by atoms with Crippen LogP contribution in [0.1, 0.15) is 266 Å². The van der Waals surface area contributed by atoms with Crippen molar-refractivity contribution in [2.45, 2.75) is 296 Å². The molecule has 0 aromatic carbocycles. The number of nitrogens with one attached hydrogen (secondary N) is 3. The number of nitro groups is 2. The Labute approximate surface area is 982 Å². The van der Waals surface area contributed by atoms with Gasteiger partial charge in [0.05, 0.1) is 60.4 Å². The Kier molecular flexibility index (Phi) is 85.2. The fourth-order valence-electron chi connectivity index (χ4n) is 13.2. The minimum absolute atomic E-state index is 0. The van der Waals surface area contributed by atoms with Gasteiger partial charge in [0, 0.05) is 111 Å².